The summed E-state index contributed by atoms with van der Waals surface area (Å²) in [6, 6.07) is 15.8. The van der Waals surface area contributed by atoms with E-state index in [0.717, 1.165) is 0 Å². The number of ketones is 1. The van der Waals surface area contributed by atoms with Crippen LogP contribution in [-0.2, 0) is 4.79 Å². The minimum absolute atomic E-state index is 0.222. The Morgan fingerprint density at radius 2 is 1.68 bits per heavy atom. The third kappa shape index (κ3) is 2.71. The van der Waals surface area contributed by atoms with E-state index in [0.29, 0.717) is 23.2 Å². The second-order valence-corrected chi connectivity index (χ2v) is 4.09. The molecule has 0 aliphatic heterocycles. The molecule has 0 heterocycles. The second kappa shape index (κ2) is 5.96. The molecule has 2 aromatic carbocycles. The normalized spacial score (nSPS) is 11.6. The van der Waals surface area contributed by atoms with Gasteiger partial charge in [-0.25, -0.2) is 0 Å². The Labute approximate surface area is 111 Å². The van der Waals surface area contributed by atoms with Crippen molar-refractivity contribution in [1.29, 1.82) is 0 Å². The first-order valence-electron chi connectivity index (χ1n) is 5.95. The molecule has 3 heteroatoms. The first-order valence-corrected chi connectivity index (χ1v) is 5.95. The van der Waals surface area contributed by atoms with E-state index in [1.165, 1.54) is 7.11 Å². The van der Waals surface area contributed by atoms with Crippen LogP contribution in [0.4, 0.5) is 0 Å². The number of para-hydroxylation sites is 1. The Balaban J connectivity index is 2.40. The molecule has 0 bridgehead atoms. The van der Waals surface area contributed by atoms with E-state index in [9.17, 15) is 9.59 Å². The summed E-state index contributed by atoms with van der Waals surface area (Å²) in [6.45, 7) is 0. The van der Waals surface area contributed by atoms with Crippen LogP contribution in [0.2, 0.25) is 0 Å². The van der Waals surface area contributed by atoms with Gasteiger partial charge in [-0.15, -0.1) is 0 Å². The third-order valence-electron chi connectivity index (χ3n) is 2.95. The number of benzene rings is 2. The first kappa shape index (κ1) is 13.0. The summed E-state index contributed by atoms with van der Waals surface area (Å²) < 4.78 is 5.20. The third-order valence-corrected chi connectivity index (χ3v) is 2.95. The maximum absolute atomic E-state index is 12.4. The smallest absolute Gasteiger partial charge is 0.177 e. The molecule has 0 radical (unpaired) electrons. The van der Waals surface area contributed by atoms with Crippen LogP contribution in [0.25, 0.3) is 0 Å². The molecular weight excluding hydrogens is 240 g/mol. The molecule has 0 aliphatic rings. The fraction of sp³-hybridized carbons (Fsp3) is 0.125. The molecule has 1 unspecified atom stereocenters. The van der Waals surface area contributed by atoms with Gasteiger partial charge >= 0.3 is 0 Å². The van der Waals surface area contributed by atoms with Gasteiger partial charge in [0, 0.05) is 11.1 Å². The van der Waals surface area contributed by atoms with E-state index in [-0.39, 0.29) is 5.78 Å². The van der Waals surface area contributed by atoms with E-state index >= 15 is 0 Å². The molecule has 0 fully saturated rings. The minimum atomic E-state index is -0.835. The highest BCUT2D eigenvalue weighted by atomic mass is 16.5. The van der Waals surface area contributed by atoms with E-state index in [1.54, 1.807) is 48.5 Å². The van der Waals surface area contributed by atoms with Gasteiger partial charge in [0.2, 0.25) is 0 Å². The van der Waals surface area contributed by atoms with Crippen molar-refractivity contribution in [2.45, 2.75) is 5.92 Å². The number of carbonyl (C=O) groups excluding carboxylic acids is 2. The zero-order chi connectivity index (χ0) is 13.7. The van der Waals surface area contributed by atoms with Crippen LogP contribution in [0.1, 0.15) is 21.8 Å². The van der Waals surface area contributed by atoms with Crippen molar-refractivity contribution in [3.63, 3.8) is 0 Å². The summed E-state index contributed by atoms with van der Waals surface area (Å²) in [5.41, 5.74) is 1.11. The largest absolute Gasteiger partial charge is 0.496 e. The highest BCUT2D eigenvalue weighted by Crippen LogP contribution is 2.27. The molecule has 0 aliphatic carbocycles. The van der Waals surface area contributed by atoms with Gasteiger partial charge in [-0.1, -0.05) is 48.5 Å². The number of Topliss-reactive ketones (excluding diaryl/α,β-unsaturated/α-hetero) is 1. The molecule has 0 amide bonds. The Hall–Kier alpha value is -2.42. The second-order valence-electron chi connectivity index (χ2n) is 4.09. The zero-order valence-electron chi connectivity index (χ0n) is 10.6. The van der Waals surface area contributed by atoms with Crippen LogP contribution in [0, 0.1) is 0 Å². The van der Waals surface area contributed by atoms with Crippen molar-refractivity contribution in [3.05, 3.63) is 65.7 Å². The lowest BCUT2D eigenvalue weighted by Gasteiger charge is -2.13. The average Bonchev–Trinajstić information content (AvgIpc) is 2.49. The number of rotatable bonds is 5. The number of methoxy groups -OCH3 is 1. The Bertz CT molecular complexity index is 576. The molecule has 0 saturated heterocycles. The van der Waals surface area contributed by atoms with Gasteiger partial charge in [0.15, 0.2) is 5.78 Å². The van der Waals surface area contributed by atoms with E-state index in [1.807, 2.05) is 6.07 Å². The fourth-order valence-electron chi connectivity index (χ4n) is 1.98. The molecule has 2 aromatic rings. The summed E-state index contributed by atoms with van der Waals surface area (Å²) in [7, 11) is 1.52. The summed E-state index contributed by atoms with van der Waals surface area (Å²) in [4.78, 5) is 23.7. The van der Waals surface area contributed by atoms with Gasteiger partial charge in [0.1, 0.15) is 18.0 Å². The topological polar surface area (TPSA) is 43.4 Å². The van der Waals surface area contributed by atoms with Crippen molar-refractivity contribution >= 4 is 12.1 Å². The lowest BCUT2D eigenvalue weighted by molar-refractivity contribution is -0.108. The molecule has 0 saturated carbocycles. The predicted molar refractivity (Wildman–Crippen MR) is 72.6 cm³/mol. The number of hydrogen-bond donors (Lipinski definition) is 0. The number of hydrogen-bond acceptors (Lipinski definition) is 3. The fourth-order valence-corrected chi connectivity index (χ4v) is 1.98. The molecule has 0 spiro atoms. The van der Waals surface area contributed by atoms with E-state index in [4.69, 9.17) is 4.74 Å². The Kier molecular flexibility index (Phi) is 4.08. The summed E-state index contributed by atoms with van der Waals surface area (Å²) in [6.07, 6.45) is 0.660. The monoisotopic (exact) mass is 254 g/mol. The van der Waals surface area contributed by atoms with Crippen LogP contribution >= 0.6 is 0 Å². The standard InChI is InChI=1S/C16H14O3/c1-19-15-10-6-5-9-13(15)14(11-17)16(18)12-7-3-2-4-8-12/h2-11,14H,1H3. The van der Waals surface area contributed by atoms with Gasteiger partial charge in [-0.05, 0) is 6.07 Å². The van der Waals surface area contributed by atoms with Gasteiger partial charge in [0.05, 0.1) is 7.11 Å². The molecule has 0 aromatic heterocycles. The van der Waals surface area contributed by atoms with Crippen molar-refractivity contribution in [2.75, 3.05) is 7.11 Å². The van der Waals surface area contributed by atoms with Gasteiger partial charge in [-0.2, -0.15) is 0 Å². The molecule has 19 heavy (non-hydrogen) atoms. The highest BCUT2D eigenvalue weighted by Gasteiger charge is 2.24. The number of aldehydes is 1. The SMILES string of the molecule is COc1ccccc1C(C=O)C(=O)c1ccccc1. The maximum atomic E-state index is 12.4. The summed E-state index contributed by atoms with van der Waals surface area (Å²) >= 11 is 0. The highest BCUT2D eigenvalue weighted by molar-refractivity contribution is 6.09. The maximum Gasteiger partial charge on any atom is 0.177 e. The number of carbonyl (C=O) groups is 2. The lowest BCUT2D eigenvalue weighted by atomic mass is 9.91. The Morgan fingerprint density at radius 1 is 1.05 bits per heavy atom. The summed E-state index contributed by atoms with van der Waals surface area (Å²) in [5.74, 6) is -0.512. The van der Waals surface area contributed by atoms with Crippen LogP contribution in [-0.4, -0.2) is 19.2 Å². The molecule has 3 nitrogen and oxygen atoms in total. The van der Waals surface area contributed by atoms with Gasteiger partial charge in [0.25, 0.3) is 0 Å². The molecule has 96 valence electrons. The van der Waals surface area contributed by atoms with Crippen LogP contribution < -0.4 is 4.74 Å². The predicted octanol–water partition coefficient (Wildman–Crippen LogP) is 2.86. The zero-order valence-corrected chi connectivity index (χ0v) is 10.6. The van der Waals surface area contributed by atoms with Gasteiger partial charge in [-0.3, -0.25) is 4.79 Å². The minimum Gasteiger partial charge on any atom is -0.496 e. The van der Waals surface area contributed by atoms with E-state index < -0.39 is 5.92 Å². The number of ether oxygens (including phenoxy) is 1. The molecule has 1 atom stereocenters. The van der Waals surface area contributed by atoms with Crippen molar-refractivity contribution in [3.8, 4) is 5.75 Å². The first-order chi connectivity index (χ1) is 9.27. The van der Waals surface area contributed by atoms with Crippen molar-refractivity contribution < 1.29 is 14.3 Å². The lowest BCUT2D eigenvalue weighted by Crippen LogP contribution is -2.15. The van der Waals surface area contributed by atoms with Crippen LogP contribution in [0.15, 0.2) is 54.6 Å². The van der Waals surface area contributed by atoms with Crippen LogP contribution in [0.3, 0.4) is 0 Å². The molecule has 2 rings (SSSR count). The van der Waals surface area contributed by atoms with Crippen LogP contribution in [0.5, 0.6) is 5.75 Å². The van der Waals surface area contributed by atoms with Crippen molar-refractivity contribution in [2.24, 2.45) is 0 Å². The quantitative estimate of drug-likeness (QED) is 0.468. The average molecular weight is 254 g/mol. The molecule has 0 N–H and O–H groups in total. The van der Waals surface area contributed by atoms with Gasteiger partial charge < -0.3 is 9.53 Å². The Morgan fingerprint density at radius 3 is 2.32 bits per heavy atom. The van der Waals surface area contributed by atoms with Crippen molar-refractivity contribution in [1.82, 2.24) is 0 Å². The molecular formula is C16H14O3. The summed E-state index contributed by atoms with van der Waals surface area (Å²) in [5, 5.41) is 0. The van der Waals surface area contributed by atoms with E-state index in [2.05, 4.69) is 0 Å².